The molecule has 0 aliphatic carbocycles. The Balaban J connectivity index is 3.20. The van der Waals surface area contributed by atoms with Crippen molar-refractivity contribution in [2.45, 2.75) is 12.6 Å². The van der Waals surface area contributed by atoms with Crippen LogP contribution in [0.2, 0.25) is 0 Å². The molecule has 1 heterocycles. The van der Waals surface area contributed by atoms with Gasteiger partial charge in [0.05, 0.1) is 11.9 Å². The Morgan fingerprint density at radius 2 is 2.19 bits per heavy atom. The maximum atomic E-state index is 12.4. The van der Waals surface area contributed by atoms with Gasteiger partial charge in [0.2, 0.25) is 0 Å². The Bertz CT molecular complexity index is 437. The second-order valence-electron chi connectivity index (χ2n) is 2.91. The average molecular weight is 234 g/mol. The fourth-order valence-electron chi connectivity index (χ4n) is 1.07. The van der Waals surface area contributed by atoms with E-state index in [1.807, 2.05) is 0 Å². The van der Waals surface area contributed by atoms with Gasteiger partial charge in [-0.3, -0.25) is 4.79 Å². The molecule has 0 saturated heterocycles. The third-order valence-corrected chi connectivity index (χ3v) is 1.74. The summed E-state index contributed by atoms with van der Waals surface area (Å²) in [4.78, 5) is 16.3. The highest BCUT2D eigenvalue weighted by Crippen LogP contribution is 2.29. The van der Waals surface area contributed by atoms with Gasteiger partial charge < -0.3 is 10.1 Å². The molecule has 0 aliphatic heterocycles. The molecule has 4 nitrogen and oxygen atoms in total. The summed E-state index contributed by atoms with van der Waals surface area (Å²) in [5, 5.41) is 8.47. The van der Waals surface area contributed by atoms with Crippen molar-refractivity contribution in [1.82, 2.24) is 9.97 Å². The van der Waals surface area contributed by atoms with Crippen LogP contribution in [0.15, 0.2) is 17.2 Å². The first-order valence-corrected chi connectivity index (χ1v) is 4.39. The van der Waals surface area contributed by atoms with Crippen molar-refractivity contribution in [2.75, 3.05) is 6.61 Å². The molecule has 0 atom stereocenters. The summed E-state index contributed by atoms with van der Waals surface area (Å²) in [7, 11) is 0. The Labute approximate surface area is 88.5 Å². The lowest BCUT2D eigenvalue weighted by molar-refractivity contribution is -0.141. The van der Waals surface area contributed by atoms with Crippen LogP contribution in [0, 0.1) is 0 Å². The second-order valence-corrected chi connectivity index (χ2v) is 2.91. The van der Waals surface area contributed by atoms with Crippen LogP contribution in [0.5, 0.6) is 0 Å². The summed E-state index contributed by atoms with van der Waals surface area (Å²) in [5.41, 5.74) is -2.65. The molecular weight excluding hydrogens is 225 g/mol. The number of aliphatic hydroxyl groups is 1. The van der Waals surface area contributed by atoms with Crippen molar-refractivity contribution in [2.24, 2.45) is 0 Å². The molecule has 0 aliphatic rings. The molecule has 0 spiro atoms. The summed E-state index contributed by atoms with van der Waals surface area (Å²) in [6.45, 7) is -0.198. The predicted molar refractivity (Wildman–Crippen MR) is 50.6 cm³/mol. The van der Waals surface area contributed by atoms with Crippen LogP contribution in [-0.4, -0.2) is 21.7 Å². The van der Waals surface area contributed by atoms with Crippen molar-refractivity contribution < 1.29 is 18.3 Å². The van der Waals surface area contributed by atoms with E-state index in [4.69, 9.17) is 5.11 Å². The van der Waals surface area contributed by atoms with Gasteiger partial charge in [0.15, 0.2) is 5.69 Å². The number of nitrogens with one attached hydrogen (secondary N) is 1. The standard InChI is InChI=1S/C9H9F3N2O2/c10-9(11,12)7-6(3-1-2-4-15)8(16)14-5-13-7/h1,3,5,15H,2,4H2,(H,13,14,16). The lowest BCUT2D eigenvalue weighted by atomic mass is 10.2. The van der Waals surface area contributed by atoms with E-state index in [2.05, 4.69) is 9.97 Å². The number of halogens is 3. The van der Waals surface area contributed by atoms with Crippen molar-refractivity contribution >= 4 is 6.08 Å². The molecule has 0 bridgehead atoms. The monoisotopic (exact) mass is 234 g/mol. The van der Waals surface area contributed by atoms with Gasteiger partial charge in [-0.05, 0) is 6.42 Å². The van der Waals surface area contributed by atoms with Crippen LogP contribution in [0.25, 0.3) is 6.08 Å². The fraction of sp³-hybridized carbons (Fsp3) is 0.333. The Kier molecular flexibility index (Phi) is 3.83. The minimum Gasteiger partial charge on any atom is -0.396 e. The van der Waals surface area contributed by atoms with Crippen molar-refractivity contribution in [3.63, 3.8) is 0 Å². The minimum absolute atomic E-state index is 0.172. The summed E-state index contributed by atoms with van der Waals surface area (Å²) in [5.74, 6) is 0. The van der Waals surface area contributed by atoms with E-state index in [1.54, 1.807) is 0 Å². The number of aliphatic hydroxyl groups excluding tert-OH is 1. The van der Waals surface area contributed by atoms with Crippen molar-refractivity contribution in [1.29, 1.82) is 0 Å². The number of rotatable bonds is 3. The van der Waals surface area contributed by atoms with Gasteiger partial charge in [-0.15, -0.1) is 0 Å². The van der Waals surface area contributed by atoms with E-state index in [9.17, 15) is 18.0 Å². The normalized spacial score (nSPS) is 12.2. The molecule has 88 valence electrons. The van der Waals surface area contributed by atoms with Crippen LogP contribution in [0.3, 0.4) is 0 Å². The summed E-state index contributed by atoms with van der Waals surface area (Å²) < 4.78 is 37.3. The highest BCUT2D eigenvalue weighted by atomic mass is 19.4. The lowest BCUT2D eigenvalue weighted by Crippen LogP contribution is -2.20. The fourth-order valence-corrected chi connectivity index (χ4v) is 1.07. The molecule has 7 heteroatoms. The maximum Gasteiger partial charge on any atom is 0.434 e. The topological polar surface area (TPSA) is 66.0 Å². The number of alkyl halides is 3. The van der Waals surface area contributed by atoms with Crippen molar-refractivity contribution in [3.8, 4) is 0 Å². The van der Waals surface area contributed by atoms with Gasteiger partial charge in [-0.2, -0.15) is 13.2 Å². The quantitative estimate of drug-likeness (QED) is 0.825. The number of H-pyrrole nitrogens is 1. The van der Waals surface area contributed by atoms with Gasteiger partial charge in [-0.25, -0.2) is 4.98 Å². The number of hydrogen-bond acceptors (Lipinski definition) is 3. The Morgan fingerprint density at radius 1 is 1.50 bits per heavy atom. The van der Waals surface area contributed by atoms with Gasteiger partial charge in [0.25, 0.3) is 5.56 Å². The van der Waals surface area contributed by atoms with E-state index in [0.717, 1.165) is 6.08 Å². The summed E-state index contributed by atoms with van der Waals surface area (Å²) >= 11 is 0. The van der Waals surface area contributed by atoms with Gasteiger partial charge in [-0.1, -0.05) is 12.2 Å². The van der Waals surface area contributed by atoms with Crippen LogP contribution < -0.4 is 5.56 Å². The van der Waals surface area contributed by atoms with E-state index >= 15 is 0 Å². The minimum atomic E-state index is -4.67. The molecule has 0 aromatic carbocycles. The third-order valence-electron chi connectivity index (χ3n) is 1.74. The maximum absolute atomic E-state index is 12.4. The smallest absolute Gasteiger partial charge is 0.396 e. The van der Waals surface area contributed by atoms with Gasteiger partial charge in [0.1, 0.15) is 0 Å². The van der Waals surface area contributed by atoms with Crippen LogP contribution in [0.1, 0.15) is 17.7 Å². The molecule has 0 unspecified atom stereocenters. The summed E-state index contributed by atoms with van der Waals surface area (Å²) in [6.07, 6.45) is -1.51. The largest absolute Gasteiger partial charge is 0.434 e. The molecular formula is C9H9F3N2O2. The summed E-state index contributed by atoms with van der Waals surface area (Å²) in [6, 6.07) is 0. The molecule has 0 fully saturated rings. The van der Waals surface area contributed by atoms with E-state index in [1.165, 1.54) is 6.08 Å². The Morgan fingerprint density at radius 3 is 2.75 bits per heavy atom. The number of nitrogens with zero attached hydrogens (tertiary/aromatic N) is 1. The molecule has 1 rings (SSSR count). The first-order valence-electron chi connectivity index (χ1n) is 4.39. The first-order chi connectivity index (χ1) is 7.46. The zero-order chi connectivity index (χ0) is 12.2. The SMILES string of the molecule is O=c1[nH]cnc(C(F)(F)F)c1C=CCCO. The zero-order valence-electron chi connectivity index (χ0n) is 8.08. The zero-order valence-corrected chi connectivity index (χ0v) is 8.08. The van der Waals surface area contributed by atoms with Crippen LogP contribution >= 0.6 is 0 Å². The average Bonchev–Trinajstić information content (AvgIpc) is 2.19. The molecule has 0 saturated carbocycles. The highest BCUT2D eigenvalue weighted by Gasteiger charge is 2.35. The third kappa shape index (κ3) is 2.93. The Hall–Kier alpha value is -1.63. The number of aromatic amines is 1. The molecule has 16 heavy (non-hydrogen) atoms. The lowest BCUT2D eigenvalue weighted by Gasteiger charge is -2.07. The number of aromatic nitrogens is 2. The predicted octanol–water partition coefficient (Wildman–Crippen LogP) is 1.18. The van der Waals surface area contributed by atoms with Crippen LogP contribution in [-0.2, 0) is 6.18 Å². The van der Waals surface area contributed by atoms with Crippen molar-refractivity contribution in [3.05, 3.63) is 34.0 Å². The second kappa shape index (κ2) is 4.93. The molecule has 0 radical (unpaired) electrons. The van der Waals surface area contributed by atoms with Gasteiger partial charge >= 0.3 is 6.18 Å². The van der Waals surface area contributed by atoms with E-state index in [0.29, 0.717) is 6.33 Å². The van der Waals surface area contributed by atoms with Crippen LogP contribution in [0.4, 0.5) is 13.2 Å². The first kappa shape index (κ1) is 12.4. The highest BCUT2D eigenvalue weighted by molar-refractivity contribution is 5.51. The molecule has 0 amide bonds. The number of hydrogen-bond donors (Lipinski definition) is 2. The van der Waals surface area contributed by atoms with Gasteiger partial charge in [0, 0.05) is 6.61 Å². The van der Waals surface area contributed by atoms with E-state index < -0.39 is 23.0 Å². The molecule has 2 N–H and O–H groups in total. The molecule has 1 aromatic heterocycles. The molecule has 1 aromatic rings. The van der Waals surface area contributed by atoms with E-state index in [-0.39, 0.29) is 13.0 Å².